The number of halogens is 1. The number of rotatable bonds is 8. The molecule has 0 radical (unpaired) electrons. The molecular weight excluding hydrogens is 290 g/mol. The van der Waals surface area contributed by atoms with Gasteiger partial charge in [0.25, 0.3) is 0 Å². The van der Waals surface area contributed by atoms with Gasteiger partial charge in [-0.05, 0) is 36.5 Å². The van der Waals surface area contributed by atoms with Crippen LogP contribution in [0.3, 0.4) is 0 Å². The van der Waals surface area contributed by atoms with Crippen molar-refractivity contribution in [3.8, 4) is 0 Å². The number of benzene rings is 1. The molecule has 1 N–H and O–H groups in total. The molecule has 102 valence electrons. The molecule has 18 heavy (non-hydrogen) atoms. The maximum Gasteiger partial charge on any atom is 0.0462 e. The van der Waals surface area contributed by atoms with Crippen molar-refractivity contribution in [2.45, 2.75) is 38.6 Å². The minimum Gasteiger partial charge on any atom is -0.385 e. The van der Waals surface area contributed by atoms with E-state index in [1.165, 1.54) is 5.56 Å². The average Bonchev–Trinajstić information content (AvgIpc) is 2.33. The van der Waals surface area contributed by atoms with Gasteiger partial charge in [0, 0.05) is 30.8 Å². The Morgan fingerprint density at radius 2 is 2.11 bits per heavy atom. The van der Waals surface area contributed by atoms with Crippen LogP contribution >= 0.6 is 15.9 Å². The van der Waals surface area contributed by atoms with Gasteiger partial charge in [0.15, 0.2) is 0 Å². The second-order valence-electron chi connectivity index (χ2n) is 4.95. The summed E-state index contributed by atoms with van der Waals surface area (Å²) < 4.78 is 6.30. The molecule has 0 saturated heterocycles. The molecule has 1 unspecified atom stereocenters. The zero-order chi connectivity index (χ0) is 13.4. The number of methoxy groups -OCH3 is 1. The Bertz CT molecular complexity index is 341. The summed E-state index contributed by atoms with van der Waals surface area (Å²) >= 11 is 3.55. The van der Waals surface area contributed by atoms with Crippen molar-refractivity contribution in [2.75, 3.05) is 20.3 Å². The summed E-state index contributed by atoms with van der Waals surface area (Å²) in [6, 6.07) is 9.15. The summed E-state index contributed by atoms with van der Waals surface area (Å²) in [5.74, 6) is 0.556. The molecule has 1 aromatic carbocycles. The molecule has 0 aliphatic carbocycles. The van der Waals surface area contributed by atoms with Crippen LogP contribution in [-0.4, -0.2) is 26.3 Å². The number of ether oxygens (including phenoxy) is 1. The van der Waals surface area contributed by atoms with Gasteiger partial charge in [-0.1, -0.05) is 41.9 Å². The quantitative estimate of drug-likeness (QED) is 0.734. The molecule has 0 fully saturated rings. The van der Waals surface area contributed by atoms with Gasteiger partial charge in [0.1, 0.15) is 0 Å². The molecule has 3 heteroatoms. The largest absolute Gasteiger partial charge is 0.385 e. The van der Waals surface area contributed by atoms with E-state index >= 15 is 0 Å². The molecule has 1 atom stereocenters. The van der Waals surface area contributed by atoms with E-state index in [0.717, 1.165) is 30.5 Å². The van der Waals surface area contributed by atoms with Gasteiger partial charge in [-0.25, -0.2) is 0 Å². The molecule has 0 amide bonds. The van der Waals surface area contributed by atoms with Crippen molar-refractivity contribution < 1.29 is 4.74 Å². The highest BCUT2D eigenvalue weighted by atomic mass is 79.9. The van der Waals surface area contributed by atoms with Crippen LogP contribution in [0.1, 0.15) is 38.2 Å². The predicted octanol–water partition coefficient (Wildman–Crippen LogP) is 3.96. The molecular formula is C15H24BrNO. The van der Waals surface area contributed by atoms with Crippen molar-refractivity contribution in [2.24, 2.45) is 0 Å². The monoisotopic (exact) mass is 313 g/mol. The summed E-state index contributed by atoms with van der Waals surface area (Å²) in [4.78, 5) is 0. The molecule has 0 heterocycles. The normalized spacial score (nSPS) is 12.9. The van der Waals surface area contributed by atoms with E-state index in [4.69, 9.17) is 4.74 Å². The number of nitrogens with one attached hydrogen (secondary N) is 1. The number of hydrogen-bond acceptors (Lipinski definition) is 2. The molecule has 0 aliphatic rings. The van der Waals surface area contributed by atoms with Crippen molar-refractivity contribution in [1.29, 1.82) is 0 Å². The maximum atomic E-state index is 5.15. The van der Waals surface area contributed by atoms with E-state index in [2.05, 4.69) is 59.4 Å². The van der Waals surface area contributed by atoms with E-state index in [1.54, 1.807) is 7.11 Å². The van der Waals surface area contributed by atoms with Crippen molar-refractivity contribution in [3.63, 3.8) is 0 Å². The van der Waals surface area contributed by atoms with E-state index in [0.29, 0.717) is 12.0 Å². The first-order chi connectivity index (χ1) is 8.63. The minimum absolute atomic E-state index is 0.530. The fourth-order valence-corrected chi connectivity index (χ4v) is 2.42. The van der Waals surface area contributed by atoms with Crippen LogP contribution in [0.15, 0.2) is 28.7 Å². The molecule has 1 aromatic rings. The third-order valence-corrected chi connectivity index (χ3v) is 3.49. The summed E-state index contributed by atoms with van der Waals surface area (Å²) in [6.07, 6.45) is 2.26. The molecule has 0 spiro atoms. The summed E-state index contributed by atoms with van der Waals surface area (Å²) in [5, 5.41) is 3.53. The van der Waals surface area contributed by atoms with E-state index in [-0.39, 0.29) is 0 Å². The lowest BCUT2D eigenvalue weighted by molar-refractivity contribution is 0.190. The second-order valence-corrected chi connectivity index (χ2v) is 5.87. The second kappa shape index (κ2) is 8.68. The third-order valence-electron chi connectivity index (χ3n) is 2.99. The Balaban J connectivity index is 2.63. The molecule has 1 rings (SSSR count). The van der Waals surface area contributed by atoms with Crippen LogP contribution < -0.4 is 5.32 Å². The third kappa shape index (κ3) is 5.98. The van der Waals surface area contributed by atoms with Gasteiger partial charge >= 0.3 is 0 Å². The van der Waals surface area contributed by atoms with Gasteiger partial charge in [-0.15, -0.1) is 0 Å². The Kier molecular flexibility index (Phi) is 7.56. The van der Waals surface area contributed by atoms with Crippen LogP contribution in [0.4, 0.5) is 0 Å². The van der Waals surface area contributed by atoms with Crippen LogP contribution in [-0.2, 0) is 4.74 Å². The lowest BCUT2D eigenvalue weighted by Gasteiger charge is -2.20. The molecule has 0 aromatic heterocycles. The first-order valence-electron chi connectivity index (χ1n) is 6.61. The molecule has 0 aliphatic heterocycles. The van der Waals surface area contributed by atoms with Gasteiger partial charge < -0.3 is 10.1 Å². The van der Waals surface area contributed by atoms with Gasteiger partial charge in [0.2, 0.25) is 0 Å². The topological polar surface area (TPSA) is 21.3 Å². The van der Waals surface area contributed by atoms with Crippen molar-refractivity contribution >= 4 is 15.9 Å². The summed E-state index contributed by atoms with van der Waals surface area (Å²) in [7, 11) is 1.76. The standard InChI is InChI=1S/C15H24BrNO/c1-12(2)17-11-14(7-5-9-18-3)13-6-4-8-15(16)10-13/h4,6,8,10,12,14,17H,5,7,9,11H2,1-3H3. The average molecular weight is 314 g/mol. The first kappa shape index (κ1) is 15.7. The maximum absolute atomic E-state index is 5.15. The highest BCUT2D eigenvalue weighted by Crippen LogP contribution is 2.23. The van der Waals surface area contributed by atoms with Crippen LogP contribution in [0.2, 0.25) is 0 Å². The Morgan fingerprint density at radius 1 is 1.33 bits per heavy atom. The van der Waals surface area contributed by atoms with Crippen LogP contribution in [0, 0.1) is 0 Å². The minimum atomic E-state index is 0.530. The first-order valence-corrected chi connectivity index (χ1v) is 7.40. The van der Waals surface area contributed by atoms with E-state index in [1.807, 2.05) is 0 Å². The Labute approximate surface area is 119 Å². The molecule has 0 bridgehead atoms. The summed E-state index contributed by atoms with van der Waals surface area (Å²) in [6.45, 7) is 6.24. The fourth-order valence-electron chi connectivity index (χ4n) is 2.00. The van der Waals surface area contributed by atoms with Gasteiger partial charge in [-0.2, -0.15) is 0 Å². The van der Waals surface area contributed by atoms with Crippen molar-refractivity contribution in [1.82, 2.24) is 5.32 Å². The Morgan fingerprint density at radius 3 is 2.72 bits per heavy atom. The van der Waals surface area contributed by atoms with Gasteiger partial charge in [-0.3, -0.25) is 0 Å². The SMILES string of the molecule is COCCCC(CNC(C)C)c1cccc(Br)c1. The Hall–Kier alpha value is -0.380. The zero-order valence-electron chi connectivity index (χ0n) is 11.6. The zero-order valence-corrected chi connectivity index (χ0v) is 13.2. The molecule has 2 nitrogen and oxygen atoms in total. The smallest absolute Gasteiger partial charge is 0.0462 e. The van der Waals surface area contributed by atoms with Gasteiger partial charge in [0.05, 0.1) is 0 Å². The van der Waals surface area contributed by atoms with E-state index < -0.39 is 0 Å². The summed E-state index contributed by atoms with van der Waals surface area (Å²) in [5.41, 5.74) is 1.40. The van der Waals surface area contributed by atoms with E-state index in [9.17, 15) is 0 Å². The highest BCUT2D eigenvalue weighted by molar-refractivity contribution is 9.10. The van der Waals surface area contributed by atoms with Crippen molar-refractivity contribution in [3.05, 3.63) is 34.3 Å². The van der Waals surface area contributed by atoms with Crippen LogP contribution in [0.25, 0.3) is 0 Å². The predicted molar refractivity (Wildman–Crippen MR) is 81.1 cm³/mol. The number of hydrogen-bond donors (Lipinski definition) is 1. The fraction of sp³-hybridized carbons (Fsp3) is 0.600. The molecule has 0 saturated carbocycles. The lowest BCUT2D eigenvalue weighted by Crippen LogP contribution is -2.28. The highest BCUT2D eigenvalue weighted by Gasteiger charge is 2.12. The van der Waals surface area contributed by atoms with Crippen LogP contribution in [0.5, 0.6) is 0 Å². The lowest BCUT2D eigenvalue weighted by atomic mass is 9.94.